The molecule has 0 aliphatic heterocycles. The van der Waals surface area contributed by atoms with Gasteiger partial charge in [0, 0.05) is 16.1 Å². The predicted molar refractivity (Wildman–Crippen MR) is 114 cm³/mol. The number of halogens is 4. The van der Waals surface area contributed by atoms with E-state index in [9.17, 15) is 13.6 Å². The van der Waals surface area contributed by atoms with E-state index in [2.05, 4.69) is 0 Å². The zero-order chi connectivity index (χ0) is 20.8. The maximum absolute atomic E-state index is 13.6. The lowest BCUT2D eigenvalue weighted by Crippen LogP contribution is -2.15. The van der Waals surface area contributed by atoms with Gasteiger partial charge in [-0.2, -0.15) is 0 Å². The van der Waals surface area contributed by atoms with Crippen LogP contribution in [0.15, 0.2) is 66.7 Å². The number of Topliss-reactive ketones (excluding diaryl/α,β-unsaturated/α-hetero) is 1. The van der Waals surface area contributed by atoms with Crippen LogP contribution in [0.2, 0.25) is 10.0 Å². The molecular formula is C22H16Cl2F2O2S. The van der Waals surface area contributed by atoms with Crippen LogP contribution in [0.5, 0.6) is 5.75 Å². The van der Waals surface area contributed by atoms with Crippen LogP contribution in [-0.2, 0) is 4.79 Å². The van der Waals surface area contributed by atoms with Crippen molar-refractivity contribution in [3.8, 4) is 5.75 Å². The summed E-state index contributed by atoms with van der Waals surface area (Å²) in [6.45, 7) is -0.302. The van der Waals surface area contributed by atoms with Crippen LogP contribution in [0.4, 0.5) is 8.78 Å². The molecule has 2 nitrogen and oxygen atoms in total. The first kappa shape index (κ1) is 21.6. The van der Waals surface area contributed by atoms with Crippen LogP contribution >= 0.6 is 35.0 Å². The maximum atomic E-state index is 13.6. The van der Waals surface area contributed by atoms with Crippen LogP contribution in [-0.4, -0.2) is 18.1 Å². The highest BCUT2D eigenvalue weighted by atomic mass is 35.5. The third-order valence-electron chi connectivity index (χ3n) is 4.04. The van der Waals surface area contributed by atoms with Crippen molar-refractivity contribution in [2.45, 2.75) is 5.25 Å². The van der Waals surface area contributed by atoms with Crippen molar-refractivity contribution in [2.24, 2.45) is 0 Å². The Morgan fingerprint density at radius 2 is 1.45 bits per heavy atom. The molecule has 0 aliphatic rings. The van der Waals surface area contributed by atoms with Gasteiger partial charge in [-0.15, -0.1) is 11.8 Å². The number of thioether (sulfide) groups is 1. The van der Waals surface area contributed by atoms with Gasteiger partial charge in [0.25, 0.3) is 0 Å². The van der Waals surface area contributed by atoms with E-state index < -0.39 is 11.6 Å². The van der Waals surface area contributed by atoms with Gasteiger partial charge in [-0.25, -0.2) is 8.78 Å². The molecule has 0 aromatic heterocycles. The Labute approximate surface area is 181 Å². The van der Waals surface area contributed by atoms with Gasteiger partial charge < -0.3 is 4.74 Å². The van der Waals surface area contributed by atoms with Crippen molar-refractivity contribution < 1.29 is 18.3 Å². The summed E-state index contributed by atoms with van der Waals surface area (Å²) in [5.41, 5.74) is 1.97. The number of benzene rings is 3. The second-order valence-electron chi connectivity index (χ2n) is 6.20. The number of rotatable bonds is 8. The highest BCUT2D eigenvalue weighted by Gasteiger charge is 2.17. The van der Waals surface area contributed by atoms with E-state index in [1.54, 1.807) is 24.3 Å². The summed E-state index contributed by atoms with van der Waals surface area (Å²) in [6, 6.07) is 17.8. The summed E-state index contributed by atoms with van der Waals surface area (Å²) in [5, 5.41) is 1.13. The number of carbonyl (C=O) groups excluding carboxylic acids is 1. The monoisotopic (exact) mass is 452 g/mol. The van der Waals surface area contributed by atoms with Crippen molar-refractivity contribution in [2.75, 3.05) is 12.4 Å². The van der Waals surface area contributed by atoms with Crippen LogP contribution in [0.1, 0.15) is 16.4 Å². The van der Waals surface area contributed by atoms with Gasteiger partial charge in [0.1, 0.15) is 12.4 Å². The van der Waals surface area contributed by atoms with Gasteiger partial charge in [-0.1, -0.05) is 47.5 Å². The standard InChI is InChI=1S/C22H16Cl2F2O2S/c23-16-5-1-14(2-6-16)22(15-3-7-17(24)8-4-15)29-13-19(27)12-28-21-10-9-18(25)11-20(21)26/h1-11,22H,12-13H2. The number of carbonyl (C=O) groups is 1. The van der Waals surface area contributed by atoms with Gasteiger partial charge in [0.2, 0.25) is 0 Å². The molecule has 0 spiro atoms. The summed E-state index contributed by atoms with van der Waals surface area (Å²) in [6.07, 6.45) is 0. The third kappa shape index (κ3) is 6.20. The predicted octanol–water partition coefficient (Wildman–Crippen LogP) is 6.74. The molecule has 0 amide bonds. The molecule has 0 bridgehead atoms. The highest BCUT2D eigenvalue weighted by molar-refractivity contribution is 8.00. The second kappa shape index (κ2) is 10.1. The lowest BCUT2D eigenvalue weighted by Gasteiger charge is -2.18. The topological polar surface area (TPSA) is 26.3 Å². The van der Waals surface area contributed by atoms with Crippen LogP contribution < -0.4 is 4.74 Å². The van der Waals surface area contributed by atoms with Gasteiger partial charge >= 0.3 is 0 Å². The van der Waals surface area contributed by atoms with Crippen molar-refractivity contribution in [3.63, 3.8) is 0 Å². The Morgan fingerprint density at radius 3 is 1.97 bits per heavy atom. The molecule has 3 rings (SSSR count). The first-order valence-electron chi connectivity index (χ1n) is 8.64. The Balaban J connectivity index is 1.66. The van der Waals surface area contributed by atoms with Gasteiger partial charge in [0.05, 0.1) is 11.0 Å². The smallest absolute Gasteiger partial charge is 0.180 e. The van der Waals surface area contributed by atoms with Crippen molar-refractivity contribution >= 4 is 40.7 Å². The number of ketones is 1. The molecule has 0 aliphatic carbocycles. The van der Waals surface area contributed by atoms with Gasteiger partial charge in [-0.3, -0.25) is 4.79 Å². The number of hydrogen-bond donors (Lipinski definition) is 0. The minimum Gasteiger partial charge on any atom is -0.483 e. The largest absolute Gasteiger partial charge is 0.483 e. The Morgan fingerprint density at radius 1 is 0.897 bits per heavy atom. The van der Waals surface area contributed by atoms with Crippen molar-refractivity contribution in [1.29, 1.82) is 0 Å². The van der Waals surface area contributed by atoms with E-state index in [1.165, 1.54) is 11.8 Å². The molecule has 0 radical (unpaired) electrons. The van der Waals surface area contributed by atoms with Crippen LogP contribution in [0.3, 0.4) is 0 Å². The Bertz CT molecular complexity index is 934. The quantitative estimate of drug-likeness (QED) is 0.378. The molecular weight excluding hydrogens is 437 g/mol. The fourth-order valence-corrected chi connectivity index (χ4v) is 4.02. The van der Waals surface area contributed by atoms with Crippen LogP contribution in [0.25, 0.3) is 0 Å². The lowest BCUT2D eigenvalue weighted by molar-refractivity contribution is -0.118. The van der Waals surface area contributed by atoms with Crippen molar-refractivity contribution in [1.82, 2.24) is 0 Å². The first-order chi connectivity index (χ1) is 13.9. The van der Waals surface area contributed by atoms with Crippen LogP contribution in [0, 0.1) is 11.6 Å². The van der Waals surface area contributed by atoms with Crippen molar-refractivity contribution in [3.05, 3.63) is 99.5 Å². The number of ether oxygens (including phenoxy) is 1. The van der Waals surface area contributed by atoms with E-state index in [0.29, 0.717) is 16.1 Å². The summed E-state index contributed by atoms with van der Waals surface area (Å²) in [5.74, 6) is -1.77. The van der Waals surface area contributed by atoms with E-state index >= 15 is 0 Å². The fraction of sp³-hybridized carbons (Fsp3) is 0.136. The van der Waals surface area contributed by atoms with E-state index in [0.717, 1.165) is 23.3 Å². The minimum absolute atomic E-state index is 0.115. The normalized spacial score (nSPS) is 10.9. The summed E-state index contributed by atoms with van der Waals surface area (Å²) in [7, 11) is 0. The molecule has 0 atom stereocenters. The molecule has 0 saturated carbocycles. The molecule has 7 heteroatoms. The molecule has 0 N–H and O–H groups in total. The molecule has 0 saturated heterocycles. The number of hydrogen-bond acceptors (Lipinski definition) is 3. The molecule has 150 valence electrons. The highest BCUT2D eigenvalue weighted by Crippen LogP contribution is 2.36. The van der Waals surface area contributed by atoms with E-state index in [-0.39, 0.29) is 29.1 Å². The minimum atomic E-state index is -0.842. The zero-order valence-electron chi connectivity index (χ0n) is 15.1. The second-order valence-corrected chi connectivity index (χ2v) is 8.16. The average Bonchev–Trinajstić information content (AvgIpc) is 2.70. The average molecular weight is 453 g/mol. The molecule has 3 aromatic carbocycles. The molecule has 29 heavy (non-hydrogen) atoms. The van der Waals surface area contributed by atoms with Gasteiger partial charge in [0.15, 0.2) is 17.3 Å². The van der Waals surface area contributed by atoms with E-state index in [4.69, 9.17) is 27.9 Å². The SMILES string of the molecule is O=C(COc1ccc(F)cc1F)CSC(c1ccc(Cl)cc1)c1ccc(Cl)cc1. The molecule has 0 fully saturated rings. The Hall–Kier alpha value is -2.08. The summed E-state index contributed by atoms with van der Waals surface area (Å²) >= 11 is 13.4. The lowest BCUT2D eigenvalue weighted by atomic mass is 10.0. The zero-order valence-corrected chi connectivity index (χ0v) is 17.4. The summed E-state index contributed by atoms with van der Waals surface area (Å²) in [4.78, 5) is 12.3. The third-order valence-corrected chi connectivity index (χ3v) is 5.91. The fourth-order valence-electron chi connectivity index (χ4n) is 2.63. The first-order valence-corrected chi connectivity index (χ1v) is 10.4. The van der Waals surface area contributed by atoms with Gasteiger partial charge in [-0.05, 0) is 47.5 Å². The maximum Gasteiger partial charge on any atom is 0.180 e. The summed E-state index contributed by atoms with van der Waals surface area (Å²) < 4.78 is 31.8. The molecule has 0 unspecified atom stereocenters. The molecule has 0 heterocycles. The Kier molecular flexibility index (Phi) is 7.53. The molecule has 3 aromatic rings. The van der Waals surface area contributed by atoms with E-state index in [1.807, 2.05) is 24.3 Å².